The van der Waals surface area contributed by atoms with Crippen LogP contribution in [0.15, 0.2) is 102 Å². The monoisotopic (exact) mass is 742 g/mol. The predicted octanol–water partition coefficient (Wildman–Crippen LogP) is 6.66. The molecule has 3 aliphatic rings. The van der Waals surface area contributed by atoms with Crippen molar-refractivity contribution in [2.75, 3.05) is 44.2 Å². The molecule has 2 bridgehead atoms. The molecule has 5 aromatic rings. The van der Waals surface area contributed by atoms with Gasteiger partial charge in [-0.2, -0.15) is 0 Å². The lowest BCUT2D eigenvalue weighted by molar-refractivity contribution is 0.0837. The highest BCUT2D eigenvalue weighted by Crippen LogP contribution is 2.39. The zero-order valence-electron chi connectivity index (χ0n) is 30.0. The van der Waals surface area contributed by atoms with Gasteiger partial charge in [-0.3, -0.25) is 19.1 Å². The maximum absolute atomic E-state index is 12.9. The average Bonchev–Trinajstić information content (AvgIpc) is 3.17. The van der Waals surface area contributed by atoms with E-state index in [1.54, 1.807) is 17.0 Å². The van der Waals surface area contributed by atoms with E-state index in [1.165, 1.54) is 12.1 Å². The van der Waals surface area contributed by atoms with E-state index < -0.39 is 12.2 Å². The third-order valence-corrected chi connectivity index (χ3v) is 10.6. The number of phenolic OH excluding ortho intramolecular Hbond substituents is 1. The number of nitrogens with zero attached hydrogens (tertiary/aromatic N) is 2. The van der Waals surface area contributed by atoms with Gasteiger partial charge in [0.2, 0.25) is 5.56 Å². The van der Waals surface area contributed by atoms with Crippen LogP contribution in [0.2, 0.25) is 0 Å². The number of hydrogen-bond acceptors (Lipinski definition) is 7. The van der Waals surface area contributed by atoms with Crippen LogP contribution in [0.25, 0.3) is 22.0 Å². The number of H-pyrrole nitrogens is 1. The minimum atomic E-state index is -0.893. The van der Waals surface area contributed by atoms with Crippen LogP contribution < -0.4 is 20.5 Å². The number of aromatic nitrogens is 1. The van der Waals surface area contributed by atoms with Crippen LogP contribution in [0.3, 0.4) is 0 Å². The second kappa shape index (κ2) is 18.2. The number of rotatable bonds is 14. The Balaban J connectivity index is 0.00000280. The predicted molar refractivity (Wildman–Crippen MR) is 208 cm³/mol. The number of piperidine rings is 3. The van der Waals surface area contributed by atoms with Crippen molar-refractivity contribution in [3.8, 4) is 22.6 Å². The van der Waals surface area contributed by atoms with Crippen molar-refractivity contribution >= 4 is 22.7 Å². The van der Waals surface area contributed by atoms with Crippen LogP contribution in [-0.2, 0) is 12.8 Å². The molecule has 0 saturated carbocycles. The number of aromatic hydroxyl groups is 1. The fourth-order valence-corrected chi connectivity index (χ4v) is 7.79. The van der Waals surface area contributed by atoms with Crippen LogP contribution in [-0.4, -0.2) is 76.7 Å². The van der Waals surface area contributed by atoms with Gasteiger partial charge >= 0.3 is 6.09 Å². The first kappa shape index (κ1) is 39.9. The number of ether oxygens (including phenoxy) is 1. The van der Waals surface area contributed by atoms with Gasteiger partial charge in [0.25, 0.3) is 0 Å². The summed E-state index contributed by atoms with van der Waals surface area (Å²) in [5, 5.41) is 35.4. The Morgan fingerprint density at radius 3 is 2.37 bits per heavy atom. The van der Waals surface area contributed by atoms with Gasteiger partial charge in [0.05, 0.1) is 30.0 Å². The Morgan fingerprint density at radius 1 is 0.926 bits per heavy atom. The van der Waals surface area contributed by atoms with Gasteiger partial charge in [-0.15, -0.1) is 0 Å². The lowest BCUT2D eigenvalue weighted by atomic mass is 9.82. The summed E-state index contributed by atoms with van der Waals surface area (Å²) in [7, 11) is 0. The van der Waals surface area contributed by atoms with Gasteiger partial charge < -0.3 is 35.3 Å². The summed E-state index contributed by atoms with van der Waals surface area (Å²) >= 11 is 0. The average molecular weight is 743 g/mol. The molecule has 12 heteroatoms. The third kappa shape index (κ3) is 9.07. The van der Waals surface area contributed by atoms with Crippen molar-refractivity contribution in [1.82, 2.24) is 15.2 Å². The molecule has 4 aromatic carbocycles. The second-order valence-electron chi connectivity index (χ2n) is 13.9. The number of pyridine rings is 1. The molecule has 8 rings (SSSR count). The molecule has 0 aliphatic carbocycles. The highest BCUT2D eigenvalue weighted by Gasteiger charge is 2.40. The van der Waals surface area contributed by atoms with Gasteiger partial charge in [-0.1, -0.05) is 60.7 Å². The van der Waals surface area contributed by atoms with E-state index in [4.69, 9.17) is 4.74 Å². The number of amides is 1. The summed E-state index contributed by atoms with van der Waals surface area (Å²) in [4.78, 5) is 31.2. The van der Waals surface area contributed by atoms with Crippen molar-refractivity contribution in [3.05, 3.63) is 124 Å². The minimum absolute atomic E-state index is 0. The molecule has 3 fully saturated rings. The summed E-state index contributed by atoms with van der Waals surface area (Å²) < 4.78 is 6.08. The SMILES string of the molecule is F.F.O=C(O)N(c1cc(CCCOc2ccc(CCNC[C@H](O)c3ccc(O)c4[nH]c(=O)ccc34)cc2)ccc1-c1ccccc1)[C@H]1CN2CCC1CC2. The summed E-state index contributed by atoms with van der Waals surface area (Å²) in [5.41, 5.74) is 5.59. The van der Waals surface area contributed by atoms with Crippen LogP contribution in [0.5, 0.6) is 11.5 Å². The molecule has 0 radical (unpaired) electrons. The molecular weight excluding hydrogens is 694 g/mol. The molecule has 2 atom stereocenters. The Morgan fingerprint density at radius 2 is 1.67 bits per heavy atom. The number of carboxylic acid groups (broad SMARTS) is 1. The summed E-state index contributed by atoms with van der Waals surface area (Å²) in [6.45, 7) is 4.41. The van der Waals surface area contributed by atoms with Gasteiger partial charge in [-0.05, 0) is 110 Å². The first-order valence-electron chi connectivity index (χ1n) is 18.2. The molecule has 4 heterocycles. The first-order chi connectivity index (χ1) is 25.3. The molecule has 3 saturated heterocycles. The number of halogens is 2. The Kier molecular flexibility index (Phi) is 13.4. The van der Waals surface area contributed by atoms with Gasteiger partial charge in [0.1, 0.15) is 11.5 Å². The fraction of sp³-hybridized carbons (Fsp3) is 0.333. The molecule has 54 heavy (non-hydrogen) atoms. The zero-order chi connectivity index (χ0) is 36.0. The lowest BCUT2D eigenvalue weighted by Gasteiger charge is -2.48. The normalized spacial score (nSPS) is 18.0. The van der Waals surface area contributed by atoms with Crippen molar-refractivity contribution in [3.63, 3.8) is 0 Å². The first-order valence-corrected chi connectivity index (χ1v) is 18.2. The Labute approximate surface area is 312 Å². The standard InChI is InChI=1S/C42H46N4O6.2FH/c47-38-16-14-34(35-15-17-40(49)44-41(35)38)39(48)26-43-21-18-28-8-11-32(12-9-28)52-24-4-5-29-10-13-33(30-6-2-1-3-7-30)36(25-29)46(42(50)51)37-27-45-22-19-31(37)20-23-45;;/h1-3,6-17,25,31,37,39,43,47-48H,4-5,18-24,26-27H2,(H,44,49)(H,50,51);2*1H/t37-,39-;;/m0../s1. The highest BCUT2D eigenvalue weighted by atomic mass is 19.0. The molecule has 3 aliphatic heterocycles. The lowest BCUT2D eigenvalue weighted by Crippen LogP contribution is -2.59. The van der Waals surface area contributed by atoms with Crippen molar-refractivity contribution in [2.45, 2.75) is 44.2 Å². The quantitative estimate of drug-likeness (QED) is 0.0797. The van der Waals surface area contributed by atoms with E-state index in [-0.39, 0.29) is 26.8 Å². The molecule has 1 aromatic heterocycles. The van der Waals surface area contributed by atoms with E-state index in [1.807, 2.05) is 54.6 Å². The van der Waals surface area contributed by atoms with Crippen LogP contribution in [0.4, 0.5) is 19.9 Å². The van der Waals surface area contributed by atoms with E-state index in [0.29, 0.717) is 42.1 Å². The number of fused-ring (bicyclic) bond motifs is 4. The van der Waals surface area contributed by atoms with Gasteiger partial charge in [0.15, 0.2) is 0 Å². The molecule has 286 valence electrons. The molecule has 5 N–H and O–H groups in total. The zero-order valence-corrected chi connectivity index (χ0v) is 30.0. The number of phenols is 1. The van der Waals surface area contributed by atoms with Crippen molar-refractivity contribution in [1.29, 1.82) is 0 Å². The van der Waals surface area contributed by atoms with E-state index in [9.17, 15) is 24.9 Å². The molecular formula is C42H48F2N4O6. The summed E-state index contributed by atoms with van der Waals surface area (Å²) in [5.74, 6) is 1.14. The summed E-state index contributed by atoms with van der Waals surface area (Å²) in [6, 6.07) is 30.4. The van der Waals surface area contributed by atoms with Gasteiger partial charge in [-0.25, -0.2) is 4.79 Å². The number of aromatic amines is 1. The van der Waals surface area contributed by atoms with Crippen molar-refractivity contribution in [2.24, 2.45) is 5.92 Å². The Hall–Kier alpha value is -5.30. The maximum Gasteiger partial charge on any atom is 0.412 e. The molecule has 1 amide bonds. The second-order valence-corrected chi connectivity index (χ2v) is 13.9. The summed E-state index contributed by atoms with van der Waals surface area (Å²) in [6.07, 6.45) is 2.71. The topological polar surface area (TPSA) is 138 Å². The number of aryl methyl sites for hydroxylation is 1. The van der Waals surface area contributed by atoms with Crippen LogP contribution in [0.1, 0.15) is 42.1 Å². The number of aliphatic hydroxyl groups excluding tert-OH is 1. The van der Waals surface area contributed by atoms with E-state index in [0.717, 1.165) is 85.4 Å². The molecule has 0 unspecified atom stereocenters. The smallest absolute Gasteiger partial charge is 0.412 e. The molecule has 0 spiro atoms. The largest absolute Gasteiger partial charge is 0.506 e. The van der Waals surface area contributed by atoms with Gasteiger partial charge in [0, 0.05) is 30.1 Å². The molecule has 10 nitrogen and oxygen atoms in total. The Bertz CT molecular complexity index is 2050. The van der Waals surface area contributed by atoms with E-state index >= 15 is 0 Å². The fourth-order valence-electron chi connectivity index (χ4n) is 7.79. The van der Waals surface area contributed by atoms with E-state index in [2.05, 4.69) is 33.4 Å². The van der Waals surface area contributed by atoms with Crippen LogP contribution >= 0.6 is 0 Å². The van der Waals surface area contributed by atoms with Crippen molar-refractivity contribution < 1.29 is 34.3 Å². The number of benzene rings is 4. The number of anilines is 1. The minimum Gasteiger partial charge on any atom is -0.506 e. The number of nitrogens with one attached hydrogen (secondary N) is 2. The number of aliphatic hydroxyl groups is 1. The number of carbonyl (C=O) groups is 1. The number of hydrogen-bond donors (Lipinski definition) is 5. The maximum atomic E-state index is 12.9. The highest BCUT2D eigenvalue weighted by molar-refractivity contribution is 5.94. The van der Waals surface area contributed by atoms with Crippen LogP contribution in [0, 0.1) is 5.92 Å². The third-order valence-electron chi connectivity index (χ3n) is 10.6.